The molecule has 0 radical (unpaired) electrons. The molecule has 1 atom stereocenters. The average Bonchev–Trinajstić information content (AvgIpc) is 3.03. The molecule has 2 rings (SSSR count). The minimum atomic E-state index is -0.530. The van der Waals surface area contributed by atoms with Crippen molar-refractivity contribution in [3.63, 3.8) is 0 Å². The van der Waals surface area contributed by atoms with Crippen molar-refractivity contribution >= 4 is 0 Å². The van der Waals surface area contributed by atoms with E-state index in [2.05, 4.69) is 65.2 Å². The maximum absolute atomic E-state index is 10.2. The van der Waals surface area contributed by atoms with Gasteiger partial charge in [-0.2, -0.15) is 0 Å². The average molecular weight is 340 g/mol. The summed E-state index contributed by atoms with van der Waals surface area (Å²) in [6.07, 6.45) is 5.11. The quantitative estimate of drug-likeness (QED) is 0.477. The van der Waals surface area contributed by atoms with Crippen LogP contribution >= 0.6 is 0 Å². The lowest BCUT2D eigenvalue weighted by molar-refractivity contribution is 0.0266. The van der Waals surface area contributed by atoms with Crippen molar-refractivity contribution in [2.24, 2.45) is 0 Å². The Kier molecular flexibility index (Phi) is 8.19. The maximum Gasteiger partial charge on any atom is 0.0900 e. The lowest BCUT2D eigenvalue weighted by Gasteiger charge is -2.24. The van der Waals surface area contributed by atoms with Gasteiger partial charge in [-0.3, -0.25) is 4.90 Å². The van der Waals surface area contributed by atoms with Gasteiger partial charge in [-0.15, -0.1) is 13.2 Å². The molecule has 0 amide bonds. The van der Waals surface area contributed by atoms with Crippen LogP contribution in [0.5, 0.6) is 0 Å². The lowest BCUT2D eigenvalue weighted by Crippen LogP contribution is -2.35. The first-order valence-electron chi connectivity index (χ1n) is 8.60. The summed E-state index contributed by atoms with van der Waals surface area (Å²) < 4.78 is 7.58. The number of benzene rings is 1. The van der Waals surface area contributed by atoms with Crippen LogP contribution in [0.3, 0.4) is 0 Å². The van der Waals surface area contributed by atoms with E-state index < -0.39 is 6.10 Å². The molecule has 1 aromatic heterocycles. The van der Waals surface area contributed by atoms with Crippen LogP contribution in [0.25, 0.3) is 0 Å². The summed E-state index contributed by atoms with van der Waals surface area (Å²) in [5, 5.41) is 10.2. The number of aliphatic hydroxyl groups is 1. The van der Waals surface area contributed by atoms with Crippen molar-refractivity contribution in [1.29, 1.82) is 0 Å². The molecule has 0 bridgehead atoms. The van der Waals surface area contributed by atoms with Crippen molar-refractivity contribution in [2.75, 3.05) is 26.3 Å². The van der Waals surface area contributed by atoms with Gasteiger partial charge in [0.05, 0.1) is 19.3 Å². The Bertz CT molecular complexity index is 636. The summed E-state index contributed by atoms with van der Waals surface area (Å²) in [5.74, 6) is 0. The molecule has 0 aliphatic heterocycles. The normalized spacial score (nSPS) is 12.2. The molecule has 1 heterocycles. The van der Waals surface area contributed by atoms with Crippen LogP contribution < -0.4 is 0 Å². The van der Waals surface area contributed by atoms with E-state index in [0.29, 0.717) is 19.8 Å². The van der Waals surface area contributed by atoms with Crippen LogP contribution in [0.15, 0.2) is 74.0 Å². The maximum atomic E-state index is 10.2. The Morgan fingerprint density at radius 3 is 2.64 bits per heavy atom. The molecule has 0 fully saturated rings. The van der Waals surface area contributed by atoms with Gasteiger partial charge in [0.1, 0.15) is 0 Å². The number of aliphatic hydroxyl groups excluding tert-OH is 1. The molecule has 1 aromatic carbocycles. The number of hydrogen-bond donors (Lipinski definition) is 1. The highest BCUT2D eigenvalue weighted by atomic mass is 16.5. The number of ether oxygens (including phenoxy) is 1. The van der Waals surface area contributed by atoms with Gasteiger partial charge in [-0.25, -0.2) is 0 Å². The molecule has 1 N–H and O–H groups in total. The van der Waals surface area contributed by atoms with Gasteiger partial charge in [-0.1, -0.05) is 42.5 Å². The highest BCUT2D eigenvalue weighted by Crippen LogP contribution is 2.11. The Balaban J connectivity index is 1.96. The molecular formula is C21H28N2O2. The highest BCUT2D eigenvalue weighted by molar-refractivity contribution is 5.17. The zero-order chi connectivity index (χ0) is 17.9. The molecule has 0 saturated carbocycles. The second-order valence-corrected chi connectivity index (χ2v) is 6.08. The first kappa shape index (κ1) is 19.2. The molecule has 25 heavy (non-hydrogen) atoms. The zero-order valence-electron chi connectivity index (χ0n) is 14.8. The van der Waals surface area contributed by atoms with E-state index in [1.807, 2.05) is 12.1 Å². The Hall–Kier alpha value is -2.14. The largest absolute Gasteiger partial charge is 0.389 e. The fourth-order valence-corrected chi connectivity index (χ4v) is 2.78. The van der Waals surface area contributed by atoms with Crippen molar-refractivity contribution in [2.45, 2.75) is 19.2 Å². The fourth-order valence-electron chi connectivity index (χ4n) is 2.78. The first-order chi connectivity index (χ1) is 12.2. The minimum absolute atomic E-state index is 0.310. The summed E-state index contributed by atoms with van der Waals surface area (Å²) in [6.45, 7) is 11.1. The monoisotopic (exact) mass is 340 g/mol. The van der Waals surface area contributed by atoms with Crippen LogP contribution in [-0.2, 0) is 17.8 Å². The standard InChI is InChI=1S/C21H28N2O2/c1-3-12-22(17-21(24)18-25-14-4-2)16-20-11-8-13-23(20)15-19-9-6-5-7-10-19/h3-11,13,21,24H,1-2,12,14-18H2/t21-/m1/s1. The summed E-state index contributed by atoms with van der Waals surface area (Å²) in [5.41, 5.74) is 2.48. The van der Waals surface area contributed by atoms with E-state index >= 15 is 0 Å². The molecule has 0 spiro atoms. The van der Waals surface area contributed by atoms with Crippen LogP contribution in [-0.4, -0.2) is 47.0 Å². The fraction of sp³-hybridized carbons (Fsp3) is 0.333. The van der Waals surface area contributed by atoms with E-state index in [0.717, 1.165) is 19.6 Å². The molecule has 0 aliphatic rings. The van der Waals surface area contributed by atoms with Crippen LogP contribution in [0.2, 0.25) is 0 Å². The second-order valence-electron chi connectivity index (χ2n) is 6.08. The van der Waals surface area contributed by atoms with Gasteiger partial charge >= 0.3 is 0 Å². The van der Waals surface area contributed by atoms with E-state index in [4.69, 9.17) is 4.74 Å². The van der Waals surface area contributed by atoms with Gasteiger partial charge < -0.3 is 14.4 Å². The van der Waals surface area contributed by atoms with E-state index in [-0.39, 0.29) is 0 Å². The smallest absolute Gasteiger partial charge is 0.0900 e. The van der Waals surface area contributed by atoms with Crippen molar-refractivity contribution in [1.82, 2.24) is 9.47 Å². The Morgan fingerprint density at radius 1 is 1.12 bits per heavy atom. The van der Waals surface area contributed by atoms with E-state index in [1.54, 1.807) is 6.08 Å². The van der Waals surface area contributed by atoms with Gasteiger partial charge in [0.2, 0.25) is 0 Å². The Morgan fingerprint density at radius 2 is 1.92 bits per heavy atom. The number of aromatic nitrogens is 1. The van der Waals surface area contributed by atoms with Gasteiger partial charge in [0.25, 0.3) is 0 Å². The lowest BCUT2D eigenvalue weighted by atomic mass is 10.2. The van der Waals surface area contributed by atoms with Crippen molar-refractivity contribution in [3.05, 3.63) is 85.2 Å². The molecule has 0 aliphatic carbocycles. The molecule has 4 heteroatoms. The van der Waals surface area contributed by atoms with E-state index in [1.165, 1.54) is 11.3 Å². The molecule has 4 nitrogen and oxygen atoms in total. The highest BCUT2D eigenvalue weighted by Gasteiger charge is 2.13. The van der Waals surface area contributed by atoms with Crippen LogP contribution in [0, 0.1) is 0 Å². The molecular weight excluding hydrogens is 312 g/mol. The number of hydrogen-bond acceptors (Lipinski definition) is 3. The van der Waals surface area contributed by atoms with Crippen molar-refractivity contribution < 1.29 is 9.84 Å². The van der Waals surface area contributed by atoms with E-state index in [9.17, 15) is 5.11 Å². The predicted molar refractivity (Wildman–Crippen MR) is 102 cm³/mol. The zero-order valence-corrected chi connectivity index (χ0v) is 14.8. The summed E-state index contributed by atoms with van der Waals surface area (Å²) >= 11 is 0. The molecule has 0 saturated heterocycles. The minimum Gasteiger partial charge on any atom is -0.389 e. The summed E-state index contributed by atoms with van der Waals surface area (Å²) in [7, 11) is 0. The second kappa shape index (κ2) is 10.7. The number of nitrogens with zero attached hydrogens (tertiary/aromatic N) is 2. The molecule has 2 aromatic rings. The van der Waals surface area contributed by atoms with Crippen molar-refractivity contribution in [3.8, 4) is 0 Å². The first-order valence-corrected chi connectivity index (χ1v) is 8.60. The third-order valence-corrected chi connectivity index (χ3v) is 3.91. The topological polar surface area (TPSA) is 37.6 Å². The summed E-state index contributed by atoms with van der Waals surface area (Å²) in [6, 6.07) is 14.6. The SMILES string of the molecule is C=CCOC[C@H](O)CN(CC=C)Cc1cccn1Cc1ccccc1. The predicted octanol–water partition coefficient (Wildman–Crippen LogP) is 3.09. The third kappa shape index (κ3) is 6.70. The Labute approximate surface area is 150 Å². The molecule has 0 unspecified atom stereocenters. The van der Waals surface area contributed by atoms with Gasteiger partial charge in [0, 0.05) is 38.1 Å². The third-order valence-electron chi connectivity index (χ3n) is 3.91. The number of rotatable bonds is 12. The molecule has 134 valence electrons. The van der Waals surface area contributed by atoms with Gasteiger partial charge in [0.15, 0.2) is 0 Å². The van der Waals surface area contributed by atoms with Gasteiger partial charge in [-0.05, 0) is 17.7 Å². The van der Waals surface area contributed by atoms with Crippen LogP contribution in [0.4, 0.5) is 0 Å². The summed E-state index contributed by atoms with van der Waals surface area (Å²) in [4.78, 5) is 2.17. The van der Waals surface area contributed by atoms with Crippen LogP contribution in [0.1, 0.15) is 11.3 Å².